The molecule has 0 saturated carbocycles. The zero-order chi connectivity index (χ0) is 15.6. The molecule has 9 heteroatoms. The van der Waals surface area contributed by atoms with Crippen LogP contribution in [0.5, 0.6) is 0 Å². The van der Waals surface area contributed by atoms with E-state index in [9.17, 15) is 23.4 Å². The molecule has 1 aliphatic rings. The minimum Gasteiger partial charge on any atom is -0.388 e. The van der Waals surface area contributed by atoms with E-state index < -0.39 is 36.2 Å². The lowest BCUT2D eigenvalue weighted by molar-refractivity contribution is -0.142. The molecule has 1 aromatic rings. The molecule has 118 valence electrons. The summed E-state index contributed by atoms with van der Waals surface area (Å²) in [6.45, 7) is 1.83. The number of anilines is 1. The number of hydrogen-bond acceptors (Lipinski definition) is 6. The third-order valence-corrected chi connectivity index (χ3v) is 3.30. The van der Waals surface area contributed by atoms with Crippen LogP contribution in [0.15, 0.2) is 12.3 Å². The van der Waals surface area contributed by atoms with Crippen molar-refractivity contribution in [2.24, 2.45) is 0 Å². The Morgan fingerprint density at radius 2 is 2.10 bits per heavy atom. The number of aliphatic hydroxyl groups excluding tert-OH is 2. The van der Waals surface area contributed by atoms with Gasteiger partial charge in [0.05, 0.1) is 18.8 Å². The molecule has 2 rings (SSSR count). The van der Waals surface area contributed by atoms with E-state index in [0.29, 0.717) is 6.42 Å². The second-order valence-electron chi connectivity index (χ2n) is 4.78. The monoisotopic (exact) mass is 307 g/mol. The fourth-order valence-corrected chi connectivity index (χ4v) is 2.12. The molecular weight excluding hydrogens is 291 g/mol. The van der Waals surface area contributed by atoms with E-state index in [-0.39, 0.29) is 12.6 Å². The first-order valence-corrected chi connectivity index (χ1v) is 6.47. The van der Waals surface area contributed by atoms with Crippen molar-refractivity contribution in [2.75, 3.05) is 11.9 Å². The predicted molar refractivity (Wildman–Crippen MR) is 66.5 cm³/mol. The Morgan fingerprint density at radius 1 is 1.38 bits per heavy atom. The van der Waals surface area contributed by atoms with Crippen molar-refractivity contribution >= 4 is 5.95 Å². The summed E-state index contributed by atoms with van der Waals surface area (Å²) in [5.74, 6) is -0.278. The van der Waals surface area contributed by atoms with Crippen LogP contribution in [0, 0.1) is 0 Å². The molecule has 4 atom stereocenters. The number of nitrogens with one attached hydrogen (secondary N) is 1. The van der Waals surface area contributed by atoms with Crippen LogP contribution in [-0.4, -0.2) is 51.1 Å². The average Bonchev–Trinajstić information content (AvgIpc) is 2.44. The first-order valence-electron chi connectivity index (χ1n) is 6.47. The third kappa shape index (κ3) is 3.60. The Balaban J connectivity index is 2.08. The lowest BCUT2D eigenvalue weighted by atomic mass is 9.97. The summed E-state index contributed by atoms with van der Waals surface area (Å²) in [6.07, 6.45) is -5.88. The fourth-order valence-electron chi connectivity index (χ4n) is 2.12. The first kappa shape index (κ1) is 15.9. The Hall–Kier alpha value is -1.45. The first-order chi connectivity index (χ1) is 9.82. The fraction of sp³-hybridized carbons (Fsp3) is 0.667. The molecule has 0 spiro atoms. The molecule has 0 bridgehead atoms. The van der Waals surface area contributed by atoms with Gasteiger partial charge in [-0.25, -0.2) is 9.97 Å². The van der Waals surface area contributed by atoms with Gasteiger partial charge in [0.1, 0.15) is 17.9 Å². The summed E-state index contributed by atoms with van der Waals surface area (Å²) in [7, 11) is 0. The van der Waals surface area contributed by atoms with Crippen molar-refractivity contribution < 1.29 is 28.1 Å². The van der Waals surface area contributed by atoms with Gasteiger partial charge in [-0.15, -0.1) is 0 Å². The van der Waals surface area contributed by atoms with Gasteiger partial charge in [-0.1, -0.05) is 6.92 Å². The zero-order valence-corrected chi connectivity index (χ0v) is 11.2. The number of aliphatic hydroxyl groups is 2. The van der Waals surface area contributed by atoms with Gasteiger partial charge in [-0.05, 0) is 12.5 Å². The smallest absolute Gasteiger partial charge is 0.388 e. The minimum atomic E-state index is -4.58. The summed E-state index contributed by atoms with van der Waals surface area (Å²) in [5.41, 5.74) is -1.08. The molecule has 3 N–H and O–H groups in total. The maximum absolute atomic E-state index is 12.6. The maximum atomic E-state index is 12.6. The van der Waals surface area contributed by atoms with Gasteiger partial charge in [0.25, 0.3) is 0 Å². The molecule has 1 fully saturated rings. The summed E-state index contributed by atoms with van der Waals surface area (Å²) < 4.78 is 43.0. The Bertz CT molecular complexity index is 486. The van der Waals surface area contributed by atoms with Crippen LogP contribution in [-0.2, 0) is 10.9 Å². The molecule has 1 aliphatic heterocycles. The molecule has 6 nitrogen and oxygen atoms in total. The highest BCUT2D eigenvalue weighted by molar-refractivity contribution is 5.28. The van der Waals surface area contributed by atoms with Crippen molar-refractivity contribution in [2.45, 2.75) is 43.9 Å². The Morgan fingerprint density at radius 3 is 2.71 bits per heavy atom. The minimum absolute atomic E-state index is 0.0380. The van der Waals surface area contributed by atoms with Crippen LogP contribution < -0.4 is 5.32 Å². The topological polar surface area (TPSA) is 87.5 Å². The highest BCUT2D eigenvalue weighted by Crippen LogP contribution is 2.28. The highest BCUT2D eigenvalue weighted by Gasteiger charge is 2.38. The second-order valence-corrected chi connectivity index (χ2v) is 4.78. The number of halogens is 3. The standard InChI is InChI=1S/C12H16F3N3O3/c1-2-7-10(20)9(19)6(5-21-7)17-11-16-4-3-8(18-11)12(13,14)15/h3-4,6-7,9-10,19-20H,2,5H2,1H3,(H,16,17,18)/t6-,7+,9+,10-/m0/s1. The van der Waals surface area contributed by atoms with E-state index in [1.807, 2.05) is 0 Å². The van der Waals surface area contributed by atoms with Crippen LogP contribution in [0.25, 0.3) is 0 Å². The summed E-state index contributed by atoms with van der Waals surface area (Å²) in [4.78, 5) is 7.02. The molecule has 1 aromatic heterocycles. The van der Waals surface area contributed by atoms with Crippen molar-refractivity contribution in [3.8, 4) is 0 Å². The van der Waals surface area contributed by atoms with E-state index in [1.54, 1.807) is 6.92 Å². The number of alkyl halides is 3. The number of aromatic nitrogens is 2. The lowest BCUT2D eigenvalue weighted by Gasteiger charge is -2.37. The normalized spacial score (nSPS) is 30.2. The molecule has 0 aliphatic carbocycles. The number of rotatable bonds is 3. The van der Waals surface area contributed by atoms with E-state index in [4.69, 9.17) is 4.74 Å². The largest absolute Gasteiger partial charge is 0.433 e. The van der Waals surface area contributed by atoms with E-state index in [1.165, 1.54) is 0 Å². The Kier molecular flexibility index (Phi) is 4.64. The quantitative estimate of drug-likeness (QED) is 0.766. The lowest BCUT2D eigenvalue weighted by Crippen LogP contribution is -2.55. The van der Waals surface area contributed by atoms with Gasteiger partial charge in [0.2, 0.25) is 5.95 Å². The SMILES string of the molecule is CC[C@H]1OC[C@H](Nc2nccc(C(F)(F)F)n2)[C@@H](O)[C@H]1O. The van der Waals surface area contributed by atoms with Gasteiger partial charge in [-0.3, -0.25) is 0 Å². The highest BCUT2D eigenvalue weighted by atomic mass is 19.4. The third-order valence-electron chi connectivity index (χ3n) is 3.30. The molecule has 0 amide bonds. The number of hydrogen-bond donors (Lipinski definition) is 3. The van der Waals surface area contributed by atoms with Crippen molar-refractivity contribution in [3.63, 3.8) is 0 Å². The van der Waals surface area contributed by atoms with Gasteiger partial charge in [0.15, 0.2) is 0 Å². The average molecular weight is 307 g/mol. The van der Waals surface area contributed by atoms with E-state index in [0.717, 1.165) is 12.3 Å². The summed E-state index contributed by atoms with van der Waals surface area (Å²) >= 11 is 0. The van der Waals surface area contributed by atoms with Crippen molar-refractivity contribution in [3.05, 3.63) is 18.0 Å². The molecule has 1 saturated heterocycles. The van der Waals surface area contributed by atoms with Crippen molar-refractivity contribution in [1.29, 1.82) is 0 Å². The molecular formula is C12H16F3N3O3. The number of ether oxygens (including phenoxy) is 1. The molecule has 0 unspecified atom stereocenters. The van der Waals surface area contributed by atoms with E-state index >= 15 is 0 Å². The number of nitrogens with zero attached hydrogens (tertiary/aromatic N) is 2. The van der Waals surface area contributed by atoms with Gasteiger partial charge >= 0.3 is 6.18 Å². The molecule has 0 radical (unpaired) electrons. The summed E-state index contributed by atoms with van der Waals surface area (Å²) in [5, 5.41) is 22.4. The van der Waals surface area contributed by atoms with Crippen LogP contribution in [0.4, 0.5) is 19.1 Å². The molecule has 0 aromatic carbocycles. The maximum Gasteiger partial charge on any atom is 0.433 e. The van der Waals surface area contributed by atoms with Crippen LogP contribution in [0.2, 0.25) is 0 Å². The molecule has 21 heavy (non-hydrogen) atoms. The van der Waals surface area contributed by atoms with Crippen molar-refractivity contribution in [1.82, 2.24) is 9.97 Å². The Labute approximate surface area is 119 Å². The summed E-state index contributed by atoms with van der Waals surface area (Å²) in [6, 6.07) is -0.0349. The second kappa shape index (κ2) is 6.12. The van der Waals surface area contributed by atoms with Crippen LogP contribution in [0.1, 0.15) is 19.0 Å². The van der Waals surface area contributed by atoms with Gasteiger partial charge in [0, 0.05) is 6.20 Å². The van der Waals surface area contributed by atoms with Crippen LogP contribution >= 0.6 is 0 Å². The van der Waals surface area contributed by atoms with Crippen LogP contribution in [0.3, 0.4) is 0 Å². The van der Waals surface area contributed by atoms with E-state index in [2.05, 4.69) is 15.3 Å². The predicted octanol–water partition coefficient (Wildman–Crippen LogP) is 0.806. The van der Waals surface area contributed by atoms with Gasteiger partial charge < -0.3 is 20.3 Å². The van der Waals surface area contributed by atoms with Gasteiger partial charge in [-0.2, -0.15) is 13.2 Å². The molecule has 2 heterocycles. The zero-order valence-electron chi connectivity index (χ0n) is 11.2.